The van der Waals surface area contributed by atoms with Crippen LogP contribution in [-0.4, -0.2) is 14.2 Å². The lowest BCUT2D eigenvalue weighted by Crippen LogP contribution is -2.14. The molecule has 1 unspecified atom stereocenters. The first-order valence-electron chi connectivity index (χ1n) is 6.54. The van der Waals surface area contributed by atoms with Gasteiger partial charge in [-0.1, -0.05) is 33.6 Å². The fourth-order valence-corrected chi connectivity index (χ4v) is 2.75. The first-order valence-corrected chi connectivity index (χ1v) is 7.71. The van der Waals surface area contributed by atoms with Gasteiger partial charge in [-0.05, 0) is 44.3 Å². The molecule has 0 heterocycles. The third-order valence-corrected chi connectivity index (χ3v) is 4.01. The lowest BCUT2D eigenvalue weighted by Gasteiger charge is -2.19. The standard InChI is InChI=1S/C16H17BrClNO2/c1-10(19-2)16-14(20-3)5-4-6-15(16)21-13-8-7-11(17)9-12(13)18/h4-10,19H,1-3H3. The van der Waals surface area contributed by atoms with Crippen LogP contribution in [0, 0.1) is 0 Å². The summed E-state index contributed by atoms with van der Waals surface area (Å²) in [5, 5.41) is 3.76. The van der Waals surface area contributed by atoms with Gasteiger partial charge in [0.1, 0.15) is 17.2 Å². The second kappa shape index (κ2) is 7.16. The summed E-state index contributed by atoms with van der Waals surface area (Å²) in [4.78, 5) is 0. The minimum absolute atomic E-state index is 0.0883. The number of ether oxygens (including phenoxy) is 2. The van der Waals surface area contributed by atoms with Crippen molar-refractivity contribution in [3.05, 3.63) is 51.5 Å². The van der Waals surface area contributed by atoms with Gasteiger partial charge >= 0.3 is 0 Å². The number of hydrogen-bond acceptors (Lipinski definition) is 3. The third-order valence-electron chi connectivity index (χ3n) is 3.23. The fourth-order valence-electron chi connectivity index (χ4n) is 2.04. The zero-order valence-electron chi connectivity index (χ0n) is 12.1. The van der Waals surface area contributed by atoms with Crippen molar-refractivity contribution in [3.63, 3.8) is 0 Å². The Hall–Kier alpha value is -1.23. The van der Waals surface area contributed by atoms with E-state index in [0.29, 0.717) is 10.8 Å². The van der Waals surface area contributed by atoms with E-state index in [9.17, 15) is 0 Å². The molecule has 2 aromatic carbocycles. The summed E-state index contributed by atoms with van der Waals surface area (Å²) >= 11 is 9.60. The summed E-state index contributed by atoms with van der Waals surface area (Å²) < 4.78 is 12.3. The van der Waals surface area contributed by atoms with Crippen molar-refractivity contribution in [1.82, 2.24) is 5.32 Å². The predicted molar refractivity (Wildman–Crippen MR) is 89.7 cm³/mol. The van der Waals surface area contributed by atoms with E-state index < -0.39 is 0 Å². The Balaban J connectivity index is 2.43. The van der Waals surface area contributed by atoms with Gasteiger partial charge in [-0.15, -0.1) is 0 Å². The number of benzene rings is 2. The van der Waals surface area contributed by atoms with Crippen molar-refractivity contribution in [2.24, 2.45) is 0 Å². The van der Waals surface area contributed by atoms with Crippen LogP contribution in [0.15, 0.2) is 40.9 Å². The van der Waals surface area contributed by atoms with Crippen molar-refractivity contribution >= 4 is 27.5 Å². The van der Waals surface area contributed by atoms with E-state index in [0.717, 1.165) is 21.5 Å². The highest BCUT2D eigenvalue weighted by Gasteiger charge is 2.17. The smallest absolute Gasteiger partial charge is 0.146 e. The highest BCUT2D eigenvalue weighted by Crippen LogP contribution is 2.38. The average molecular weight is 371 g/mol. The van der Waals surface area contributed by atoms with Crippen molar-refractivity contribution in [2.45, 2.75) is 13.0 Å². The second-order valence-corrected chi connectivity index (χ2v) is 5.88. The highest BCUT2D eigenvalue weighted by molar-refractivity contribution is 9.10. The van der Waals surface area contributed by atoms with E-state index in [1.165, 1.54) is 0 Å². The Morgan fingerprint density at radius 2 is 1.86 bits per heavy atom. The number of hydrogen-bond donors (Lipinski definition) is 1. The molecule has 112 valence electrons. The predicted octanol–water partition coefficient (Wildman–Crippen LogP) is 5.18. The Morgan fingerprint density at radius 3 is 2.48 bits per heavy atom. The first-order chi connectivity index (χ1) is 10.1. The molecule has 0 fully saturated rings. The van der Waals surface area contributed by atoms with Crippen molar-refractivity contribution in [3.8, 4) is 17.2 Å². The monoisotopic (exact) mass is 369 g/mol. The molecule has 2 aromatic rings. The minimum atomic E-state index is 0.0883. The molecular formula is C16H17BrClNO2. The van der Waals surface area contributed by atoms with E-state index >= 15 is 0 Å². The third kappa shape index (κ3) is 3.70. The zero-order chi connectivity index (χ0) is 15.4. The molecule has 0 aliphatic heterocycles. The maximum Gasteiger partial charge on any atom is 0.146 e. The second-order valence-electron chi connectivity index (χ2n) is 4.56. The van der Waals surface area contributed by atoms with Crippen LogP contribution < -0.4 is 14.8 Å². The molecule has 1 N–H and O–H groups in total. The summed E-state index contributed by atoms with van der Waals surface area (Å²) in [5.41, 5.74) is 0.960. The summed E-state index contributed by atoms with van der Waals surface area (Å²) in [6, 6.07) is 11.3. The van der Waals surface area contributed by atoms with E-state index in [1.54, 1.807) is 13.2 Å². The summed E-state index contributed by atoms with van der Waals surface area (Å²) in [5.74, 6) is 2.11. The Kier molecular flexibility index (Phi) is 5.51. The average Bonchev–Trinajstić information content (AvgIpc) is 2.49. The van der Waals surface area contributed by atoms with Crippen LogP contribution in [0.5, 0.6) is 17.2 Å². The van der Waals surface area contributed by atoms with Gasteiger partial charge in [0.2, 0.25) is 0 Å². The maximum atomic E-state index is 6.22. The zero-order valence-corrected chi connectivity index (χ0v) is 14.5. The van der Waals surface area contributed by atoms with Crippen LogP contribution in [0.25, 0.3) is 0 Å². The van der Waals surface area contributed by atoms with E-state index in [4.69, 9.17) is 21.1 Å². The van der Waals surface area contributed by atoms with E-state index in [1.807, 2.05) is 44.3 Å². The van der Waals surface area contributed by atoms with Gasteiger partial charge in [-0.2, -0.15) is 0 Å². The highest BCUT2D eigenvalue weighted by atomic mass is 79.9. The lowest BCUT2D eigenvalue weighted by molar-refractivity contribution is 0.393. The molecule has 0 aliphatic rings. The molecule has 0 radical (unpaired) electrons. The van der Waals surface area contributed by atoms with Gasteiger partial charge in [0.15, 0.2) is 0 Å². The number of rotatable bonds is 5. The number of nitrogens with one attached hydrogen (secondary N) is 1. The summed E-state index contributed by atoms with van der Waals surface area (Å²) in [6.07, 6.45) is 0. The Bertz CT molecular complexity index is 634. The first kappa shape index (κ1) is 16.1. The van der Waals surface area contributed by atoms with Crippen LogP contribution in [-0.2, 0) is 0 Å². The normalized spacial score (nSPS) is 12.0. The largest absolute Gasteiger partial charge is 0.496 e. The summed E-state index contributed by atoms with van der Waals surface area (Å²) in [7, 11) is 3.55. The topological polar surface area (TPSA) is 30.5 Å². The summed E-state index contributed by atoms with van der Waals surface area (Å²) in [6.45, 7) is 2.05. The molecule has 21 heavy (non-hydrogen) atoms. The minimum Gasteiger partial charge on any atom is -0.496 e. The Morgan fingerprint density at radius 1 is 1.14 bits per heavy atom. The van der Waals surface area contributed by atoms with Gasteiger partial charge in [0.25, 0.3) is 0 Å². The van der Waals surface area contributed by atoms with Gasteiger partial charge in [-0.25, -0.2) is 0 Å². The molecular weight excluding hydrogens is 354 g/mol. The molecule has 1 atom stereocenters. The maximum absolute atomic E-state index is 6.22. The number of halogens is 2. The van der Waals surface area contributed by atoms with Crippen LogP contribution in [0.1, 0.15) is 18.5 Å². The quantitative estimate of drug-likeness (QED) is 0.786. The SMILES string of the molecule is CNC(C)c1c(OC)cccc1Oc1ccc(Br)cc1Cl. The van der Waals surface area contributed by atoms with E-state index in [-0.39, 0.29) is 6.04 Å². The Labute approximate surface area is 138 Å². The van der Waals surface area contributed by atoms with Gasteiger partial charge < -0.3 is 14.8 Å². The lowest BCUT2D eigenvalue weighted by atomic mass is 10.1. The fraction of sp³-hybridized carbons (Fsp3) is 0.250. The molecule has 0 saturated carbocycles. The number of methoxy groups -OCH3 is 1. The van der Waals surface area contributed by atoms with Gasteiger partial charge in [0, 0.05) is 10.5 Å². The molecule has 0 bridgehead atoms. The molecule has 3 nitrogen and oxygen atoms in total. The van der Waals surface area contributed by atoms with Crippen LogP contribution >= 0.6 is 27.5 Å². The van der Waals surface area contributed by atoms with Gasteiger partial charge in [-0.3, -0.25) is 0 Å². The van der Waals surface area contributed by atoms with Crippen molar-refractivity contribution in [1.29, 1.82) is 0 Å². The molecule has 0 aromatic heterocycles. The molecule has 5 heteroatoms. The van der Waals surface area contributed by atoms with Gasteiger partial charge in [0.05, 0.1) is 17.7 Å². The van der Waals surface area contributed by atoms with Crippen LogP contribution in [0.3, 0.4) is 0 Å². The molecule has 0 spiro atoms. The molecule has 0 amide bonds. The molecule has 2 rings (SSSR count). The van der Waals surface area contributed by atoms with Crippen molar-refractivity contribution < 1.29 is 9.47 Å². The van der Waals surface area contributed by atoms with Crippen molar-refractivity contribution in [2.75, 3.05) is 14.2 Å². The van der Waals surface area contributed by atoms with Crippen LogP contribution in [0.2, 0.25) is 5.02 Å². The van der Waals surface area contributed by atoms with Crippen LogP contribution in [0.4, 0.5) is 0 Å². The molecule has 0 saturated heterocycles. The molecule has 0 aliphatic carbocycles. The van der Waals surface area contributed by atoms with E-state index in [2.05, 4.69) is 21.2 Å².